The quantitative estimate of drug-likeness (QED) is 0.345. The van der Waals surface area contributed by atoms with Gasteiger partial charge in [-0.2, -0.15) is 0 Å². The Labute approximate surface area is 232 Å². The molecule has 0 fully saturated rings. The lowest BCUT2D eigenvalue weighted by molar-refractivity contribution is -0.137. The van der Waals surface area contributed by atoms with Crippen LogP contribution in [0.4, 0.5) is 4.39 Å². The molecule has 2 aromatic carbocycles. The van der Waals surface area contributed by atoms with Gasteiger partial charge in [-0.3, -0.25) is 14.4 Å². The number of carbonyl (C=O) groups is 3. The van der Waals surface area contributed by atoms with Crippen LogP contribution >= 0.6 is 0 Å². The highest BCUT2D eigenvalue weighted by Crippen LogP contribution is 2.51. The Morgan fingerprint density at radius 1 is 1.25 bits per heavy atom. The highest BCUT2D eigenvalue weighted by atomic mass is 19.1. The van der Waals surface area contributed by atoms with E-state index in [9.17, 15) is 29.0 Å². The van der Waals surface area contributed by atoms with Crippen molar-refractivity contribution in [2.45, 2.75) is 56.8 Å². The third-order valence-corrected chi connectivity index (χ3v) is 7.37. The predicted octanol–water partition coefficient (Wildman–Crippen LogP) is 2.53. The number of unbranched alkanes of at least 4 members (excludes halogenated alkanes) is 1. The summed E-state index contributed by atoms with van der Waals surface area (Å²) in [7, 11) is 1.43. The topological polar surface area (TPSA) is 125 Å². The number of methoxy groups -OCH3 is 1. The van der Waals surface area contributed by atoms with E-state index >= 15 is 0 Å². The fraction of sp³-hybridized carbons (Fsp3) is 0.433. The molecule has 3 N–H and O–H groups in total. The summed E-state index contributed by atoms with van der Waals surface area (Å²) < 4.78 is 25.5. The number of carbonyl (C=O) groups excluding carboxylic acids is 3. The average Bonchev–Trinajstić information content (AvgIpc) is 3.35. The molecule has 2 amide bonds. The molecule has 1 aliphatic heterocycles. The molecule has 4 unspecified atom stereocenters. The summed E-state index contributed by atoms with van der Waals surface area (Å²) in [4.78, 5) is 40.0. The lowest BCUT2D eigenvalue weighted by Gasteiger charge is -2.41. The first-order valence-corrected chi connectivity index (χ1v) is 13.5. The van der Waals surface area contributed by atoms with Crippen LogP contribution in [-0.2, 0) is 16.0 Å². The number of amides is 2. The second-order valence-corrected chi connectivity index (χ2v) is 9.97. The van der Waals surface area contributed by atoms with Crippen LogP contribution < -0.4 is 14.8 Å². The number of hydrogen-bond donors (Lipinski definition) is 3. The summed E-state index contributed by atoms with van der Waals surface area (Å²) in [6.45, 7) is 1.88. The Balaban J connectivity index is 1.76. The van der Waals surface area contributed by atoms with Crippen LogP contribution in [0.25, 0.3) is 0 Å². The van der Waals surface area contributed by atoms with Crippen LogP contribution in [0.2, 0.25) is 0 Å². The fourth-order valence-electron chi connectivity index (χ4n) is 5.41. The van der Waals surface area contributed by atoms with Gasteiger partial charge in [0.2, 0.25) is 11.8 Å². The van der Waals surface area contributed by atoms with Gasteiger partial charge in [0.1, 0.15) is 24.3 Å². The van der Waals surface area contributed by atoms with Gasteiger partial charge < -0.3 is 29.9 Å². The molecule has 0 radical (unpaired) electrons. The Kier molecular flexibility index (Phi) is 9.54. The number of aliphatic hydroxyl groups excluding tert-OH is 2. The van der Waals surface area contributed by atoms with Crippen molar-refractivity contribution < 1.29 is 38.5 Å². The van der Waals surface area contributed by atoms with E-state index in [1.54, 1.807) is 24.3 Å². The SMILES string of the molecule is CCCCC(=O)N(CCc1cccc(F)c1)C1C=C(C(=O)NCCO)C2c3cc(C=O)cc(OC)c3OC2C1O. The van der Waals surface area contributed by atoms with E-state index in [0.29, 0.717) is 41.6 Å². The Bertz CT molecular complexity index is 1280. The second-order valence-electron chi connectivity index (χ2n) is 9.97. The van der Waals surface area contributed by atoms with E-state index in [0.717, 1.165) is 6.42 Å². The number of benzene rings is 2. The molecule has 1 aliphatic carbocycles. The minimum atomic E-state index is -1.23. The number of aldehydes is 1. The highest BCUT2D eigenvalue weighted by molar-refractivity contribution is 5.96. The van der Waals surface area contributed by atoms with Gasteiger partial charge in [0.05, 0.1) is 25.7 Å². The molecule has 0 bridgehead atoms. The van der Waals surface area contributed by atoms with E-state index in [1.165, 1.54) is 30.2 Å². The van der Waals surface area contributed by atoms with Crippen LogP contribution in [0.15, 0.2) is 48.0 Å². The predicted molar refractivity (Wildman–Crippen MR) is 145 cm³/mol. The first-order valence-electron chi connectivity index (χ1n) is 13.5. The maximum atomic E-state index is 13.8. The van der Waals surface area contributed by atoms with Gasteiger partial charge in [-0.15, -0.1) is 0 Å². The molecule has 0 saturated heterocycles. The molecule has 9 nitrogen and oxygen atoms in total. The van der Waals surface area contributed by atoms with Crippen molar-refractivity contribution in [3.63, 3.8) is 0 Å². The molecule has 40 heavy (non-hydrogen) atoms. The zero-order valence-electron chi connectivity index (χ0n) is 22.6. The molecular weight excluding hydrogens is 519 g/mol. The zero-order chi connectivity index (χ0) is 28.8. The number of ether oxygens (including phenoxy) is 2. The molecule has 10 heteroatoms. The molecule has 4 rings (SSSR count). The fourth-order valence-corrected chi connectivity index (χ4v) is 5.41. The zero-order valence-corrected chi connectivity index (χ0v) is 22.6. The van der Waals surface area contributed by atoms with E-state index in [-0.39, 0.29) is 49.2 Å². The number of hydrogen-bond acceptors (Lipinski definition) is 7. The smallest absolute Gasteiger partial charge is 0.247 e. The number of halogens is 1. The number of aliphatic hydroxyl groups is 2. The molecule has 4 atom stereocenters. The maximum Gasteiger partial charge on any atom is 0.247 e. The molecule has 214 valence electrons. The van der Waals surface area contributed by atoms with Crippen LogP contribution in [0.3, 0.4) is 0 Å². The van der Waals surface area contributed by atoms with Crippen LogP contribution in [-0.4, -0.2) is 78.3 Å². The van der Waals surface area contributed by atoms with Crippen LogP contribution in [0.5, 0.6) is 11.5 Å². The molecule has 1 heterocycles. The van der Waals surface area contributed by atoms with E-state index in [4.69, 9.17) is 9.47 Å². The average molecular weight is 555 g/mol. The van der Waals surface area contributed by atoms with Crippen LogP contribution in [0.1, 0.15) is 53.6 Å². The third kappa shape index (κ3) is 6.03. The Morgan fingerprint density at radius 3 is 2.73 bits per heavy atom. The van der Waals surface area contributed by atoms with Gasteiger partial charge in [-0.1, -0.05) is 25.5 Å². The van der Waals surface area contributed by atoms with Crippen molar-refractivity contribution in [2.75, 3.05) is 26.8 Å². The van der Waals surface area contributed by atoms with Crippen molar-refractivity contribution in [3.05, 3.63) is 70.6 Å². The lowest BCUT2D eigenvalue weighted by Crippen LogP contribution is -2.56. The van der Waals surface area contributed by atoms with Gasteiger partial charge in [0.25, 0.3) is 0 Å². The van der Waals surface area contributed by atoms with E-state index in [1.807, 2.05) is 6.92 Å². The maximum absolute atomic E-state index is 13.8. The highest BCUT2D eigenvalue weighted by Gasteiger charge is 2.51. The largest absolute Gasteiger partial charge is 0.493 e. The molecule has 0 aromatic heterocycles. The number of nitrogens with one attached hydrogen (secondary N) is 1. The minimum Gasteiger partial charge on any atom is -0.493 e. The van der Waals surface area contributed by atoms with Gasteiger partial charge in [-0.25, -0.2) is 4.39 Å². The van der Waals surface area contributed by atoms with Crippen molar-refractivity contribution in [1.29, 1.82) is 0 Å². The monoisotopic (exact) mass is 554 g/mol. The normalized spacial score (nSPS) is 21.0. The van der Waals surface area contributed by atoms with Gasteiger partial charge in [0.15, 0.2) is 11.5 Å². The molecule has 2 aliphatic rings. The molecule has 0 spiro atoms. The van der Waals surface area contributed by atoms with E-state index in [2.05, 4.69) is 5.32 Å². The summed E-state index contributed by atoms with van der Waals surface area (Å²) in [6.07, 6.45) is 2.08. The van der Waals surface area contributed by atoms with E-state index < -0.39 is 30.1 Å². The molecule has 2 aromatic rings. The van der Waals surface area contributed by atoms with Gasteiger partial charge in [0, 0.05) is 36.2 Å². The standard InChI is InChI=1S/C30H35FN2O7/c1-3-4-8-25(36)33(11-9-18-6-5-7-20(31)13-18)23-16-22(30(38)32-10-12-34)26-21-14-19(17-35)15-24(39-2)28(21)40-29(26)27(23)37/h5-7,13-17,23,26-27,29,34,37H,3-4,8-12H2,1-2H3,(H,32,38). The summed E-state index contributed by atoms with van der Waals surface area (Å²) in [5.74, 6) is -1.22. The van der Waals surface area contributed by atoms with Crippen molar-refractivity contribution in [3.8, 4) is 11.5 Å². The number of nitrogens with zero attached hydrogens (tertiary/aromatic N) is 1. The lowest BCUT2D eigenvalue weighted by atomic mass is 9.77. The first kappa shape index (κ1) is 29.2. The minimum absolute atomic E-state index is 0.00487. The van der Waals surface area contributed by atoms with Crippen molar-refractivity contribution >= 4 is 18.1 Å². The number of rotatable bonds is 12. The van der Waals surface area contributed by atoms with Gasteiger partial charge >= 0.3 is 0 Å². The Hall–Kier alpha value is -3.76. The summed E-state index contributed by atoms with van der Waals surface area (Å²) in [5.41, 5.74) is 1.77. The summed E-state index contributed by atoms with van der Waals surface area (Å²) in [6, 6.07) is 8.31. The summed E-state index contributed by atoms with van der Waals surface area (Å²) >= 11 is 0. The molecule has 0 saturated carbocycles. The molecular formula is C30H35FN2O7. The van der Waals surface area contributed by atoms with Gasteiger partial charge in [-0.05, 0) is 48.7 Å². The first-order chi connectivity index (χ1) is 19.3. The van der Waals surface area contributed by atoms with Crippen molar-refractivity contribution in [1.82, 2.24) is 10.2 Å². The van der Waals surface area contributed by atoms with Crippen molar-refractivity contribution in [2.24, 2.45) is 0 Å². The van der Waals surface area contributed by atoms with Crippen LogP contribution in [0, 0.1) is 5.82 Å². The second kappa shape index (κ2) is 13.1. The third-order valence-electron chi connectivity index (χ3n) is 7.37. The summed E-state index contributed by atoms with van der Waals surface area (Å²) in [5, 5.41) is 23.6. The Morgan fingerprint density at radius 2 is 2.05 bits per heavy atom. The number of fused-ring (bicyclic) bond motifs is 3.